The third-order valence-corrected chi connectivity index (χ3v) is 4.20. The Labute approximate surface area is 162 Å². The molecule has 0 spiro atoms. The maximum Gasteiger partial charge on any atom is 0.342 e. The van der Waals surface area contributed by atoms with E-state index in [9.17, 15) is 9.59 Å². The summed E-state index contributed by atoms with van der Waals surface area (Å²) in [5.74, 6) is -0.322. The highest BCUT2D eigenvalue weighted by atomic mass is 16.5. The Hall–Kier alpha value is -3.61. The molecule has 0 fully saturated rings. The molecule has 1 heterocycles. The van der Waals surface area contributed by atoms with Crippen LogP contribution in [0.15, 0.2) is 54.6 Å². The topological polar surface area (TPSA) is 82.4 Å². The van der Waals surface area contributed by atoms with Crippen molar-refractivity contribution in [3.63, 3.8) is 0 Å². The van der Waals surface area contributed by atoms with E-state index in [2.05, 4.69) is 10.4 Å². The van der Waals surface area contributed by atoms with Gasteiger partial charge in [0.25, 0.3) is 5.91 Å². The average molecular weight is 379 g/mol. The van der Waals surface area contributed by atoms with Gasteiger partial charge in [0.15, 0.2) is 6.61 Å². The van der Waals surface area contributed by atoms with Gasteiger partial charge in [0.1, 0.15) is 11.3 Å². The van der Waals surface area contributed by atoms with Crippen LogP contribution in [0.1, 0.15) is 21.7 Å². The molecule has 0 aliphatic carbocycles. The minimum Gasteiger partial charge on any atom is -0.497 e. The van der Waals surface area contributed by atoms with Crippen LogP contribution in [0.2, 0.25) is 0 Å². The number of benzene rings is 2. The highest BCUT2D eigenvalue weighted by molar-refractivity contribution is 5.96. The van der Waals surface area contributed by atoms with Gasteiger partial charge >= 0.3 is 5.97 Å². The second kappa shape index (κ2) is 8.39. The molecule has 7 heteroatoms. The van der Waals surface area contributed by atoms with Crippen LogP contribution in [0, 0.1) is 13.8 Å². The number of hydrogen-bond donors (Lipinski definition) is 1. The van der Waals surface area contributed by atoms with E-state index >= 15 is 0 Å². The predicted molar refractivity (Wildman–Crippen MR) is 105 cm³/mol. The maximum absolute atomic E-state index is 12.5. The summed E-state index contributed by atoms with van der Waals surface area (Å²) in [6.45, 7) is 3.14. The second-order valence-corrected chi connectivity index (χ2v) is 6.15. The number of carbonyl (C=O) groups excluding carboxylic acids is 2. The van der Waals surface area contributed by atoms with Gasteiger partial charge in [-0.2, -0.15) is 5.10 Å². The molecule has 3 aromatic rings. The zero-order chi connectivity index (χ0) is 20.1. The van der Waals surface area contributed by atoms with Gasteiger partial charge < -0.3 is 14.8 Å². The van der Waals surface area contributed by atoms with Crippen molar-refractivity contribution >= 4 is 17.6 Å². The van der Waals surface area contributed by atoms with E-state index in [4.69, 9.17) is 9.47 Å². The molecule has 1 N–H and O–H groups in total. The third-order valence-electron chi connectivity index (χ3n) is 4.20. The lowest BCUT2D eigenvalue weighted by molar-refractivity contribution is -0.119. The molecular formula is C21H21N3O4. The summed E-state index contributed by atoms with van der Waals surface area (Å²) in [4.78, 5) is 24.6. The van der Waals surface area contributed by atoms with Crippen molar-refractivity contribution in [2.75, 3.05) is 19.0 Å². The van der Waals surface area contributed by atoms with Gasteiger partial charge in [0, 0.05) is 5.69 Å². The number of hydrogen-bond acceptors (Lipinski definition) is 5. The van der Waals surface area contributed by atoms with Crippen molar-refractivity contribution in [2.45, 2.75) is 13.8 Å². The van der Waals surface area contributed by atoms with E-state index in [1.807, 2.05) is 30.3 Å². The third kappa shape index (κ3) is 4.20. The Kier molecular flexibility index (Phi) is 5.74. The van der Waals surface area contributed by atoms with E-state index in [1.54, 1.807) is 49.9 Å². The van der Waals surface area contributed by atoms with E-state index < -0.39 is 11.9 Å². The molecule has 0 radical (unpaired) electrons. The Bertz CT molecular complexity index is 979. The van der Waals surface area contributed by atoms with Gasteiger partial charge in [0.2, 0.25) is 0 Å². The van der Waals surface area contributed by atoms with Crippen LogP contribution in [-0.4, -0.2) is 35.4 Å². The molecule has 144 valence electrons. The van der Waals surface area contributed by atoms with E-state index in [1.165, 1.54) is 0 Å². The summed E-state index contributed by atoms with van der Waals surface area (Å²) >= 11 is 0. The molecule has 28 heavy (non-hydrogen) atoms. The summed E-state index contributed by atoms with van der Waals surface area (Å²) in [5.41, 5.74) is 3.00. The highest BCUT2D eigenvalue weighted by Crippen LogP contribution is 2.19. The molecule has 0 saturated heterocycles. The minimum absolute atomic E-state index is 0.362. The standard InChI is InChI=1S/C21H21N3O4/c1-14-20(15(2)24(23-14)17-7-5-4-6-8-17)21(26)28-13-19(25)22-16-9-11-18(27-3)12-10-16/h4-12H,13H2,1-3H3,(H,22,25). The zero-order valence-electron chi connectivity index (χ0n) is 15.9. The van der Waals surface area contributed by atoms with Crippen LogP contribution < -0.4 is 10.1 Å². The number of amides is 1. The van der Waals surface area contributed by atoms with Crippen molar-refractivity contribution < 1.29 is 19.1 Å². The van der Waals surface area contributed by atoms with E-state index in [0.29, 0.717) is 28.4 Å². The lowest BCUT2D eigenvalue weighted by Gasteiger charge is -2.08. The Morgan fingerprint density at radius 3 is 2.36 bits per heavy atom. The summed E-state index contributed by atoms with van der Waals surface area (Å²) in [5, 5.41) is 7.08. The van der Waals surface area contributed by atoms with Crippen molar-refractivity contribution in [3.05, 3.63) is 71.5 Å². The molecule has 0 unspecified atom stereocenters. The van der Waals surface area contributed by atoms with E-state index in [-0.39, 0.29) is 6.61 Å². The van der Waals surface area contributed by atoms with Crippen LogP contribution in [0.5, 0.6) is 5.75 Å². The van der Waals surface area contributed by atoms with Crippen LogP contribution in [0.3, 0.4) is 0 Å². The first-order chi connectivity index (χ1) is 13.5. The highest BCUT2D eigenvalue weighted by Gasteiger charge is 2.21. The largest absolute Gasteiger partial charge is 0.497 e. The van der Waals surface area contributed by atoms with Gasteiger partial charge in [-0.3, -0.25) is 4.79 Å². The molecule has 1 aromatic heterocycles. The van der Waals surface area contributed by atoms with Crippen LogP contribution in [0.4, 0.5) is 5.69 Å². The van der Waals surface area contributed by atoms with Crippen LogP contribution >= 0.6 is 0 Å². The molecule has 0 aliphatic rings. The minimum atomic E-state index is -0.581. The number of ether oxygens (including phenoxy) is 2. The van der Waals surface area contributed by atoms with Crippen LogP contribution in [0.25, 0.3) is 5.69 Å². The maximum atomic E-state index is 12.5. The molecule has 0 saturated carbocycles. The molecule has 0 bridgehead atoms. The van der Waals surface area contributed by atoms with Crippen molar-refractivity contribution in [2.24, 2.45) is 0 Å². The number of nitrogens with zero attached hydrogens (tertiary/aromatic N) is 2. The molecular weight excluding hydrogens is 358 g/mol. The number of para-hydroxylation sites is 1. The fourth-order valence-corrected chi connectivity index (χ4v) is 2.83. The first kappa shape index (κ1) is 19.2. The zero-order valence-corrected chi connectivity index (χ0v) is 15.9. The summed E-state index contributed by atoms with van der Waals surface area (Å²) in [6, 6.07) is 16.4. The molecule has 3 rings (SSSR count). The summed E-state index contributed by atoms with van der Waals surface area (Å²) in [6.07, 6.45) is 0. The number of aryl methyl sites for hydroxylation is 1. The van der Waals surface area contributed by atoms with Gasteiger partial charge in [0.05, 0.1) is 24.2 Å². The number of nitrogens with one attached hydrogen (secondary N) is 1. The number of anilines is 1. The first-order valence-corrected chi connectivity index (χ1v) is 8.72. The number of rotatable bonds is 6. The molecule has 0 atom stereocenters. The lowest BCUT2D eigenvalue weighted by Crippen LogP contribution is -2.21. The lowest BCUT2D eigenvalue weighted by atomic mass is 10.2. The average Bonchev–Trinajstić information content (AvgIpc) is 3.01. The fourth-order valence-electron chi connectivity index (χ4n) is 2.83. The SMILES string of the molecule is COc1ccc(NC(=O)COC(=O)c2c(C)nn(-c3ccccc3)c2C)cc1. The van der Waals surface area contributed by atoms with Gasteiger partial charge in [-0.15, -0.1) is 0 Å². The number of esters is 1. The Morgan fingerprint density at radius 2 is 1.71 bits per heavy atom. The summed E-state index contributed by atoms with van der Waals surface area (Å²) < 4.78 is 11.9. The van der Waals surface area contributed by atoms with Gasteiger partial charge in [-0.25, -0.2) is 9.48 Å². The second-order valence-electron chi connectivity index (χ2n) is 6.15. The van der Waals surface area contributed by atoms with Gasteiger partial charge in [-0.05, 0) is 50.2 Å². The van der Waals surface area contributed by atoms with E-state index in [0.717, 1.165) is 5.69 Å². The first-order valence-electron chi connectivity index (χ1n) is 8.72. The monoisotopic (exact) mass is 379 g/mol. The van der Waals surface area contributed by atoms with Crippen molar-refractivity contribution in [1.29, 1.82) is 0 Å². The van der Waals surface area contributed by atoms with Gasteiger partial charge in [-0.1, -0.05) is 18.2 Å². The quantitative estimate of drug-likeness (QED) is 0.665. The number of methoxy groups -OCH3 is 1. The Morgan fingerprint density at radius 1 is 1.04 bits per heavy atom. The Balaban J connectivity index is 1.64. The van der Waals surface area contributed by atoms with Crippen molar-refractivity contribution in [3.8, 4) is 11.4 Å². The number of aromatic nitrogens is 2. The predicted octanol–water partition coefficient (Wildman–Crippen LogP) is 3.29. The van der Waals surface area contributed by atoms with Crippen molar-refractivity contribution in [1.82, 2.24) is 9.78 Å². The normalized spacial score (nSPS) is 10.4. The molecule has 1 amide bonds. The molecule has 0 aliphatic heterocycles. The smallest absolute Gasteiger partial charge is 0.342 e. The fraction of sp³-hybridized carbons (Fsp3) is 0.190. The molecule has 2 aromatic carbocycles. The summed E-state index contributed by atoms with van der Waals surface area (Å²) in [7, 11) is 1.57. The van der Waals surface area contributed by atoms with Crippen LogP contribution in [-0.2, 0) is 9.53 Å². The number of carbonyl (C=O) groups is 2. The molecule has 7 nitrogen and oxygen atoms in total.